The maximum atomic E-state index is 12.0. The van der Waals surface area contributed by atoms with E-state index in [1.807, 2.05) is 26.2 Å². The van der Waals surface area contributed by atoms with Crippen molar-refractivity contribution >= 4 is 17.6 Å². The Bertz CT molecular complexity index is 459. The van der Waals surface area contributed by atoms with E-state index < -0.39 is 5.60 Å². The number of ether oxygens (including phenoxy) is 1. The highest BCUT2D eigenvalue weighted by Crippen LogP contribution is 2.19. The van der Waals surface area contributed by atoms with Crippen molar-refractivity contribution in [1.82, 2.24) is 20.2 Å². The summed E-state index contributed by atoms with van der Waals surface area (Å²) in [6, 6.07) is 0.348. The maximum Gasteiger partial charge on any atom is 0.407 e. The number of amides is 1. The lowest BCUT2D eigenvalue weighted by atomic mass is 10.0. The smallest absolute Gasteiger partial charge is 0.407 e. The zero-order valence-corrected chi connectivity index (χ0v) is 14.4. The molecule has 1 aliphatic carbocycles. The summed E-state index contributed by atoms with van der Waals surface area (Å²) in [7, 11) is 0. The molecule has 0 aromatic carbocycles. The number of nitrogens with zero attached hydrogens (tertiary/aromatic N) is 2. The SMILES string of the molecule is CC(C)(C)OC(=O)NC1CCCCCC1NCc1csnn1. The van der Waals surface area contributed by atoms with Gasteiger partial charge >= 0.3 is 6.09 Å². The Hall–Kier alpha value is -1.21. The molecule has 1 heterocycles. The number of hydrogen-bond acceptors (Lipinski definition) is 6. The maximum absolute atomic E-state index is 12.0. The van der Waals surface area contributed by atoms with E-state index >= 15 is 0 Å². The molecule has 22 heavy (non-hydrogen) atoms. The molecule has 2 rings (SSSR count). The monoisotopic (exact) mass is 326 g/mol. The Balaban J connectivity index is 1.90. The first-order chi connectivity index (χ1) is 10.4. The van der Waals surface area contributed by atoms with Crippen molar-refractivity contribution in [2.75, 3.05) is 0 Å². The van der Waals surface area contributed by atoms with Crippen LogP contribution in [-0.4, -0.2) is 33.4 Å². The molecule has 1 saturated carbocycles. The summed E-state index contributed by atoms with van der Waals surface area (Å²) in [6.45, 7) is 6.33. The van der Waals surface area contributed by atoms with Crippen molar-refractivity contribution < 1.29 is 9.53 Å². The van der Waals surface area contributed by atoms with E-state index in [1.54, 1.807) is 0 Å². The number of alkyl carbamates (subject to hydrolysis) is 1. The molecular formula is C15H26N4O2S. The van der Waals surface area contributed by atoms with Crippen LogP contribution < -0.4 is 10.6 Å². The van der Waals surface area contributed by atoms with Gasteiger partial charge in [0.2, 0.25) is 0 Å². The van der Waals surface area contributed by atoms with E-state index in [1.165, 1.54) is 24.4 Å². The molecule has 1 amide bonds. The number of hydrogen-bond donors (Lipinski definition) is 2. The first-order valence-electron chi connectivity index (χ1n) is 7.93. The van der Waals surface area contributed by atoms with Gasteiger partial charge in [-0.3, -0.25) is 0 Å². The van der Waals surface area contributed by atoms with Crippen molar-refractivity contribution in [3.8, 4) is 0 Å². The van der Waals surface area contributed by atoms with Crippen LogP contribution in [0.25, 0.3) is 0 Å². The van der Waals surface area contributed by atoms with Crippen molar-refractivity contribution in [3.05, 3.63) is 11.1 Å². The summed E-state index contributed by atoms with van der Waals surface area (Å²) in [4.78, 5) is 12.0. The molecule has 0 saturated heterocycles. The third-order valence-electron chi connectivity index (χ3n) is 3.67. The summed E-state index contributed by atoms with van der Waals surface area (Å²) in [5, 5.41) is 12.6. The second kappa shape index (κ2) is 7.87. The van der Waals surface area contributed by atoms with Crippen LogP contribution in [0.15, 0.2) is 5.38 Å². The largest absolute Gasteiger partial charge is 0.444 e. The minimum absolute atomic E-state index is 0.101. The Kier molecular flexibility index (Phi) is 6.14. The zero-order valence-electron chi connectivity index (χ0n) is 13.6. The standard InChI is InChI=1S/C15H26N4O2S/c1-15(2,3)21-14(20)17-13-8-6-4-5-7-12(13)16-9-11-10-22-19-18-11/h10,12-13,16H,4-9H2,1-3H3,(H,17,20). The van der Waals surface area contributed by atoms with E-state index in [-0.39, 0.29) is 18.2 Å². The molecule has 6 nitrogen and oxygen atoms in total. The van der Waals surface area contributed by atoms with Gasteiger partial charge < -0.3 is 15.4 Å². The lowest BCUT2D eigenvalue weighted by Crippen LogP contribution is -2.50. The van der Waals surface area contributed by atoms with Gasteiger partial charge in [-0.15, -0.1) is 5.10 Å². The molecule has 2 unspecified atom stereocenters. The molecule has 2 atom stereocenters. The second-order valence-corrected chi connectivity index (χ2v) is 7.38. The van der Waals surface area contributed by atoms with E-state index in [9.17, 15) is 4.79 Å². The summed E-state index contributed by atoms with van der Waals surface area (Å²) in [5.74, 6) is 0. The molecule has 1 fully saturated rings. The van der Waals surface area contributed by atoms with Crippen LogP contribution in [0.2, 0.25) is 0 Å². The third kappa shape index (κ3) is 5.88. The highest BCUT2D eigenvalue weighted by molar-refractivity contribution is 7.03. The highest BCUT2D eigenvalue weighted by atomic mass is 32.1. The molecule has 1 aromatic rings. The van der Waals surface area contributed by atoms with E-state index in [2.05, 4.69) is 20.2 Å². The predicted molar refractivity (Wildman–Crippen MR) is 86.8 cm³/mol. The predicted octanol–water partition coefficient (Wildman–Crippen LogP) is 2.85. The van der Waals surface area contributed by atoms with Gasteiger partial charge in [0.15, 0.2) is 0 Å². The summed E-state index contributed by atoms with van der Waals surface area (Å²) < 4.78 is 9.26. The van der Waals surface area contributed by atoms with E-state index in [0.717, 1.165) is 25.0 Å². The molecule has 1 aliphatic rings. The fraction of sp³-hybridized carbons (Fsp3) is 0.800. The van der Waals surface area contributed by atoms with Crippen LogP contribution >= 0.6 is 11.5 Å². The van der Waals surface area contributed by atoms with Gasteiger partial charge in [-0.1, -0.05) is 23.8 Å². The van der Waals surface area contributed by atoms with Crippen LogP contribution in [0, 0.1) is 0 Å². The molecule has 0 aliphatic heterocycles. The van der Waals surface area contributed by atoms with E-state index in [0.29, 0.717) is 6.54 Å². The summed E-state index contributed by atoms with van der Waals surface area (Å²) >= 11 is 1.36. The summed E-state index contributed by atoms with van der Waals surface area (Å²) in [6.07, 6.45) is 5.23. The lowest BCUT2D eigenvalue weighted by molar-refractivity contribution is 0.0489. The topological polar surface area (TPSA) is 76.1 Å². The lowest BCUT2D eigenvalue weighted by Gasteiger charge is -2.28. The number of nitrogens with one attached hydrogen (secondary N) is 2. The van der Waals surface area contributed by atoms with Crippen LogP contribution in [-0.2, 0) is 11.3 Å². The normalized spacial score (nSPS) is 22.9. The molecule has 0 radical (unpaired) electrons. The van der Waals surface area contributed by atoms with Gasteiger partial charge in [-0.05, 0) is 45.1 Å². The van der Waals surface area contributed by atoms with Gasteiger partial charge in [0.25, 0.3) is 0 Å². The van der Waals surface area contributed by atoms with Gasteiger partial charge in [0.05, 0.1) is 5.69 Å². The second-order valence-electron chi connectivity index (χ2n) is 6.77. The Morgan fingerprint density at radius 2 is 2.05 bits per heavy atom. The van der Waals surface area contributed by atoms with Crippen LogP contribution in [0.3, 0.4) is 0 Å². The first kappa shape index (κ1) is 17.1. The molecule has 0 bridgehead atoms. The number of carbonyl (C=O) groups excluding carboxylic acids is 1. The zero-order chi connectivity index (χ0) is 16.0. The number of aromatic nitrogens is 2. The molecule has 2 N–H and O–H groups in total. The molecule has 0 spiro atoms. The fourth-order valence-electron chi connectivity index (χ4n) is 2.68. The molecule has 7 heteroatoms. The Morgan fingerprint density at radius 1 is 1.32 bits per heavy atom. The molecule has 124 valence electrons. The average Bonchev–Trinajstić information content (AvgIpc) is 2.83. The van der Waals surface area contributed by atoms with Crippen LogP contribution in [0.4, 0.5) is 4.79 Å². The summed E-state index contributed by atoms with van der Waals surface area (Å²) in [5.41, 5.74) is 0.481. The van der Waals surface area contributed by atoms with Gasteiger partial charge in [-0.25, -0.2) is 4.79 Å². The van der Waals surface area contributed by atoms with Gasteiger partial charge in [-0.2, -0.15) is 0 Å². The number of carbonyl (C=O) groups is 1. The van der Waals surface area contributed by atoms with E-state index in [4.69, 9.17) is 4.74 Å². The van der Waals surface area contributed by atoms with Crippen molar-refractivity contribution in [2.45, 2.75) is 77.1 Å². The highest BCUT2D eigenvalue weighted by Gasteiger charge is 2.27. The van der Waals surface area contributed by atoms with Gasteiger partial charge in [0.1, 0.15) is 5.60 Å². The van der Waals surface area contributed by atoms with Crippen LogP contribution in [0.5, 0.6) is 0 Å². The first-order valence-corrected chi connectivity index (χ1v) is 8.76. The minimum atomic E-state index is -0.468. The average molecular weight is 326 g/mol. The van der Waals surface area contributed by atoms with Crippen LogP contribution in [0.1, 0.15) is 58.6 Å². The quantitative estimate of drug-likeness (QED) is 0.832. The minimum Gasteiger partial charge on any atom is -0.444 e. The molecular weight excluding hydrogens is 300 g/mol. The molecule has 1 aromatic heterocycles. The fourth-order valence-corrected chi connectivity index (χ4v) is 3.13. The van der Waals surface area contributed by atoms with Crippen molar-refractivity contribution in [2.24, 2.45) is 0 Å². The van der Waals surface area contributed by atoms with Crippen molar-refractivity contribution in [3.63, 3.8) is 0 Å². The Morgan fingerprint density at radius 3 is 2.68 bits per heavy atom. The van der Waals surface area contributed by atoms with Crippen molar-refractivity contribution in [1.29, 1.82) is 0 Å². The third-order valence-corrected chi connectivity index (χ3v) is 4.22. The number of rotatable bonds is 4. The van der Waals surface area contributed by atoms with Gasteiger partial charge in [0, 0.05) is 24.0 Å². The Labute approximate surface area is 136 Å².